The van der Waals surface area contributed by atoms with Crippen molar-refractivity contribution in [2.24, 2.45) is 0 Å². The molecule has 10 nitrogen and oxygen atoms in total. The molecule has 2 heterocycles. The molecule has 1 aromatic carbocycles. The minimum Gasteiger partial charge on any atom is -0.394 e. The first-order valence-electron chi connectivity index (χ1n) is 8.48. The number of H-pyrrole nitrogens is 1. The van der Waals surface area contributed by atoms with Crippen LogP contribution in [0.25, 0.3) is 0 Å². The molecule has 0 radical (unpaired) electrons. The highest BCUT2D eigenvalue weighted by atomic mass is 32.2. The summed E-state index contributed by atoms with van der Waals surface area (Å²) in [6.07, 6.45) is -2.13. The van der Waals surface area contributed by atoms with Gasteiger partial charge >= 0.3 is 5.69 Å². The minimum atomic E-state index is -3.88. The lowest BCUT2D eigenvalue weighted by atomic mass is 10.1. The molecule has 0 aliphatic carbocycles. The van der Waals surface area contributed by atoms with Crippen LogP contribution < -0.4 is 11.0 Å². The standard InChI is InChI=1S/C17H21N3O7S/c1-28(24,25)27-14-12(9-21)26-16(13(14)22)19-15-11(8-18-17(23)20-15)7-10-5-3-2-4-6-10/h2-6,8,12-14,16,21-22H,7,9H2,1H3,(H2,18,19,20,23)/t12-,13-,14+,16-/m1/s1. The molecule has 152 valence electrons. The minimum absolute atomic E-state index is 0.174. The summed E-state index contributed by atoms with van der Waals surface area (Å²) in [6, 6.07) is 9.46. The van der Waals surface area contributed by atoms with Crippen LogP contribution in [0.5, 0.6) is 0 Å². The predicted molar refractivity (Wildman–Crippen MR) is 99.2 cm³/mol. The van der Waals surface area contributed by atoms with Crippen LogP contribution in [0.15, 0.2) is 41.3 Å². The van der Waals surface area contributed by atoms with Gasteiger partial charge in [-0.2, -0.15) is 13.4 Å². The predicted octanol–water partition coefficient (Wildman–Crippen LogP) is -0.804. The molecular weight excluding hydrogens is 390 g/mol. The summed E-state index contributed by atoms with van der Waals surface area (Å²) in [5.74, 6) is 0.174. The van der Waals surface area contributed by atoms with Crippen LogP contribution in [0.2, 0.25) is 0 Å². The van der Waals surface area contributed by atoms with E-state index in [0.717, 1.165) is 11.8 Å². The lowest BCUT2D eigenvalue weighted by Crippen LogP contribution is -2.40. The molecule has 4 atom stereocenters. The number of hydrogen-bond acceptors (Lipinski definition) is 9. The third-order valence-corrected chi connectivity index (χ3v) is 4.78. The molecule has 0 bridgehead atoms. The van der Waals surface area contributed by atoms with E-state index in [4.69, 9.17) is 8.92 Å². The second-order valence-electron chi connectivity index (χ2n) is 6.42. The van der Waals surface area contributed by atoms with Gasteiger partial charge in [-0.15, -0.1) is 0 Å². The molecule has 1 saturated heterocycles. The van der Waals surface area contributed by atoms with Crippen LogP contribution in [0.3, 0.4) is 0 Å². The Morgan fingerprint density at radius 1 is 1.32 bits per heavy atom. The Morgan fingerprint density at radius 3 is 2.68 bits per heavy atom. The summed E-state index contributed by atoms with van der Waals surface area (Å²) in [5, 5.41) is 22.7. The zero-order valence-electron chi connectivity index (χ0n) is 15.0. The van der Waals surface area contributed by atoms with Crippen LogP contribution in [0, 0.1) is 0 Å². The van der Waals surface area contributed by atoms with Gasteiger partial charge in [0.05, 0.1) is 12.9 Å². The Morgan fingerprint density at radius 2 is 2.04 bits per heavy atom. The molecule has 0 amide bonds. The molecule has 4 N–H and O–H groups in total. The Hall–Kier alpha value is -2.31. The van der Waals surface area contributed by atoms with E-state index < -0.39 is 47.0 Å². The fourth-order valence-corrected chi connectivity index (χ4v) is 3.60. The highest BCUT2D eigenvalue weighted by molar-refractivity contribution is 7.86. The monoisotopic (exact) mass is 411 g/mol. The van der Waals surface area contributed by atoms with Gasteiger partial charge in [0.15, 0.2) is 6.23 Å². The molecule has 1 aliphatic heterocycles. The van der Waals surface area contributed by atoms with E-state index in [9.17, 15) is 23.4 Å². The number of hydrogen-bond donors (Lipinski definition) is 4. The first-order chi connectivity index (χ1) is 13.3. The van der Waals surface area contributed by atoms with Crippen LogP contribution >= 0.6 is 0 Å². The van der Waals surface area contributed by atoms with Crippen molar-refractivity contribution in [1.29, 1.82) is 0 Å². The number of nitrogens with zero attached hydrogens (tertiary/aromatic N) is 1. The van der Waals surface area contributed by atoms with E-state index in [0.29, 0.717) is 12.0 Å². The van der Waals surface area contributed by atoms with Crippen LogP contribution in [0.1, 0.15) is 11.1 Å². The molecular formula is C17H21N3O7S. The van der Waals surface area contributed by atoms with E-state index in [1.54, 1.807) is 0 Å². The largest absolute Gasteiger partial charge is 0.394 e. The molecule has 1 aromatic heterocycles. The fraction of sp³-hybridized carbons (Fsp3) is 0.412. The normalized spacial score (nSPS) is 25.0. The van der Waals surface area contributed by atoms with Crippen molar-refractivity contribution in [2.75, 3.05) is 18.2 Å². The zero-order chi connectivity index (χ0) is 20.3. The number of rotatable bonds is 7. The van der Waals surface area contributed by atoms with E-state index in [2.05, 4.69) is 15.3 Å². The Labute approximate surface area is 161 Å². The van der Waals surface area contributed by atoms with Gasteiger partial charge in [-0.25, -0.2) is 4.79 Å². The highest BCUT2D eigenvalue weighted by Crippen LogP contribution is 2.27. The summed E-state index contributed by atoms with van der Waals surface area (Å²) in [6.45, 7) is -0.560. The number of aromatic nitrogens is 2. The Bertz CT molecular complexity index is 964. The molecule has 1 aliphatic rings. The first kappa shape index (κ1) is 20.4. The second kappa shape index (κ2) is 8.37. The lowest BCUT2D eigenvalue weighted by molar-refractivity contribution is -0.00724. The van der Waals surface area contributed by atoms with Gasteiger partial charge in [0, 0.05) is 18.2 Å². The van der Waals surface area contributed by atoms with Gasteiger partial charge in [0.1, 0.15) is 24.1 Å². The van der Waals surface area contributed by atoms with Crippen LogP contribution in [0.4, 0.5) is 5.82 Å². The summed E-state index contributed by atoms with van der Waals surface area (Å²) in [5.41, 5.74) is 1.00. The Kier molecular flexibility index (Phi) is 6.10. The van der Waals surface area contributed by atoms with Crippen LogP contribution in [-0.2, 0) is 25.5 Å². The maximum absolute atomic E-state index is 11.7. The summed E-state index contributed by atoms with van der Waals surface area (Å²) >= 11 is 0. The van der Waals surface area contributed by atoms with Gasteiger partial charge in [-0.3, -0.25) is 4.18 Å². The lowest BCUT2D eigenvalue weighted by Gasteiger charge is -2.19. The molecule has 2 aromatic rings. The number of benzene rings is 1. The molecule has 28 heavy (non-hydrogen) atoms. The average molecular weight is 411 g/mol. The third kappa shape index (κ3) is 4.94. The first-order valence-corrected chi connectivity index (χ1v) is 10.3. The van der Waals surface area contributed by atoms with Gasteiger partial charge in [0.25, 0.3) is 10.1 Å². The number of aliphatic hydroxyl groups excluding tert-OH is 2. The Balaban J connectivity index is 1.83. The third-order valence-electron chi connectivity index (χ3n) is 4.20. The van der Waals surface area contributed by atoms with Gasteiger partial charge in [0.2, 0.25) is 0 Å². The number of aromatic amines is 1. The summed E-state index contributed by atoms with van der Waals surface area (Å²) < 4.78 is 33.1. The highest BCUT2D eigenvalue weighted by Gasteiger charge is 2.46. The van der Waals surface area contributed by atoms with Crippen molar-refractivity contribution in [1.82, 2.24) is 9.97 Å². The van der Waals surface area contributed by atoms with Gasteiger partial charge < -0.3 is 25.3 Å². The molecule has 1 fully saturated rings. The second-order valence-corrected chi connectivity index (χ2v) is 8.02. The average Bonchev–Trinajstić information content (AvgIpc) is 2.92. The maximum Gasteiger partial charge on any atom is 0.346 e. The van der Waals surface area contributed by atoms with Crippen molar-refractivity contribution < 1.29 is 27.6 Å². The van der Waals surface area contributed by atoms with E-state index >= 15 is 0 Å². The zero-order valence-corrected chi connectivity index (χ0v) is 15.8. The number of nitrogens with one attached hydrogen (secondary N) is 2. The number of anilines is 1. The van der Waals surface area contributed by atoms with E-state index in [-0.39, 0.29) is 5.82 Å². The molecule has 11 heteroatoms. The van der Waals surface area contributed by atoms with Gasteiger partial charge in [-0.05, 0) is 5.56 Å². The number of aliphatic hydroxyl groups is 2. The van der Waals surface area contributed by atoms with E-state index in [1.807, 2.05) is 30.3 Å². The van der Waals surface area contributed by atoms with Crippen LogP contribution in [-0.4, -0.2) is 66.0 Å². The smallest absolute Gasteiger partial charge is 0.346 e. The quantitative estimate of drug-likeness (QED) is 0.429. The molecule has 0 saturated carbocycles. The van der Waals surface area contributed by atoms with Crippen molar-refractivity contribution in [3.63, 3.8) is 0 Å². The van der Waals surface area contributed by atoms with Crippen molar-refractivity contribution in [2.45, 2.75) is 31.0 Å². The van der Waals surface area contributed by atoms with Crippen molar-refractivity contribution >= 4 is 15.9 Å². The number of ether oxygens (including phenoxy) is 1. The molecule has 0 unspecified atom stereocenters. The van der Waals surface area contributed by atoms with Gasteiger partial charge in [-0.1, -0.05) is 30.3 Å². The summed E-state index contributed by atoms with van der Waals surface area (Å²) in [7, 11) is -3.88. The van der Waals surface area contributed by atoms with Crippen molar-refractivity contribution in [3.05, 3.63) is 58.1 Å². The SMILES string of the molecule is CS(=O)(=O)O[C@@H]1[C@@H](O)[C@H](Nc2nc(=O)[nH]cc2Cc2ccccc2)O[C@@H]1CO. The van der Waals surface area contributed by atoms with E-state index in [1.165, 1.54) is 6.20 Å². The summed E-state index contributed by atoms with van der Waals surface area (Å²) in [4.78, 5) is 18.1. The molecule has 3 rings (SSSR count). The maximum atomic E-state index is 11.7. The van der Waals surface area contributed by atoms with Crippen molar-refractivity contribution in [3.8, 4) is 0 Å². The fourth-order valence-electron chi connectivity index (χ4n) is 2.96. The molecule has 0 spiro atoms. The topological polar surface area (TPSA) is 151 Å².